The minimum atomic E-state index is 0.294. The number of terminal acetylenes is 1. The van der Waals surface area contributed by atoms with E-state index >= 15 is 0 Å². The highest BCUT2D eigenvalue weighted by molar-refractivity contribution is 8.68. The lowest BCUT2D eigenvalue weighted by molar-refractivity contribution is 0.366. The predicted molar refractivity (Wildman–Crippen MR) is 70.5 cm³/mol. The molecule has 3 heteroatoms. The second-order valence-electron chi connectivity index (χ2n) is 3.23. The first kappa shape index (κ1) is 12.4. The highest BCUT2D eigenvalue weighted by Crippen LogP contribution is 2.38. The highest BCUT2D eigenvalue weighted by atomic mass is 33.1. The normalized spacial score (nSPS) is 11.9. The van der Waals surface area contributed by atoms with E-state index in [1.807, 2.05) is 12.1 Å². The van der Waals surface area contributed by atoms with E-state index in [0.29, 0.717) is 11.9 Å². The van der Waals surface area contributed by atoms with E-state index in [-0.39, 0.29) is 0 Å². The molecule has 80 valence electrons. The lowest BCUT2D eigenvalue weighted by Gasteiger charge is -2.16. The van der Waals surface area contributed by atoms with Gasteiger partial charge in [-0.15, -0.1) is 18.1 Å². The van der Waals surface area contributed by atoms with Crippen LogP contribution in [0.1, 0.15) is 23.3 Å². The first-order chi connectivity index (χ1) is 7.20. The number of hydrogen-bond acceptors (Lipinski definition) is 3. The molecule has 0 aromatic heterocycles. The third kappa shape index (κ3) is 3.12. The molecule has 0 radical (unpaired) electrons. The molecule has 1 unspecified atom stereocenters. The minimum absolute atomic E-state index is 0.294. The summed E-state index contributed by atoms with van der Waals surface area (Å²) in [5.74, 6) is 3.33. The zero-order valence-electron chi connectivity index (χ0n) is 8.86. The van der Waals surface area contributed by atoms with E-state index < -0.39 is 0 Å². The summed E-state index contributed by atoms with van der Waals surface area (Å²) in [7, 11) is 1.50. The van der Waals surface area contributed by atoms with E-state index in [9.17, 15) is 0 Å². The Morgan fingerprint density at radius 1 is 1.60 bits per heavy atom. The average molecular weight is 238 g/mol. The molecular weight excluding hydrogens is 224 g/mol. The van der Waals surface area contributed by atoms with Crippen molar-refractivity contribution < 1.29 is 4.74 Å². The van der Waals surface area contributed by atoms with E-state index in [2.05, 4.69) is 37.5 Å². The molecule has 0 saturated carbocycles. The molecule has 1 aromatic carbocycles. The third-order valence-electron chi connectivity index (χ3n) is 2.16. The average Bonchev–Trinajstić information content (AvgIpc) is 2.25. The summed E-state index contributed by atoms with van der Waals surface area (Å²) in [5, 5.41) is 0.294. The molecular formula is C12H14OS2. The van der Waals surface area contributed by atoms with E-state index in [4.69, 9.17) is 11.2 Å². The van der Waals surface area contributed by atoms with Crippen molar-refractivity contribution in [3.8, 4) is 18.1 Å². The largest absolute Gasteiger partial charge is 0.481 e. The van der Waals surface area contributed by atoms with Gasteiger partial charge in [-0.3, -0.25) is 0 Å². The Hall–Kier alpha value is -0.720. The summed E-state index contributed by atoms with van der Waals surface area (Å²) in [6, 6.07) is 5.99. The molecule has 0 saturated heterocycles. The lowest BCUT2D eigenvalue weighted by Crippen LogP contribution is -2.00. The number of aryl methyl sites for hydroxylation is 1. The smallest absolute Gasteiger partial charge is 0.148 e. The highest BCUT2D eigenvalue weighted by Gasteiger charge is 2.13. The number of rotatable bonds is 4. The minimum Gasteiger partial charge on any atom is -0.481 e. The van der Waals surface area contributed by atoms with Gasteiger partial charge in [-0.05, 0) is 25.5 Å². The SMILES string of the molecule is C#CCOc1cccc(C)c1C(C)SS. The topological polar surface area (TPSA) is 9.23 Å². The Morgan fingerprint density at radius 3 is 2.93 bits per heavy atom. The number of thiol groups is 1. The molecule has 0 aliphatic heterocycles. The Bertz CT molecular complexity index is 368. The van der Waals surface area contributed by atoms with Crippen LogP contribution in [0.3, 0.4) is 0 Å². The molecule has 0 aliphatic carbocycles. The number of hydrogen-bond donors (Lipinski definition) is 1. The Morgan fingerprint density at radius 2 is 2.33 bits per heavy atom. The molecule has 1 nitrogen and oxygen atoms in total. The first-order valence-electron chi connectivity index (χ1n) is 4.66. The second kappa shape index (κ2) is 5.99. The van der Waals surface area contributed by atoms with Gasteiger partial charge in [0.15, 0.2) is 0 Å². The van der Waals surface area contributed by atoms with Crippen molar-refractivity contribution in [2.24, 2.45) is 0 Å². The van der Waals surface area contributed by atoms with Crippen molar-refractivity contribution in [3.05, 3.63) is 29.3 Å². The summed E-state index contributed by atoms with van der Waals surface area (Å²) in [6.07, 6.45) is 5.18. The summed E-state index contributed by atoms with van der Waals surface area (Å²) in [6.45, 7) is 4.47. The van der Waals surface area contributed by atoms with Gasteiger partial charge >= 0.3 is 0 Å². The van der Waals surface area contributed by atoms with Crippen molar-refractivity contribution in [3.63, 3.8) is 0 Å². The Balaban J connectivity index is 3.04. The van der Waals surface area contributed by atoms with Crippen LogP contribution in [-0.4, -0.2) is 6.61 Å². The molecule has 15 heavy (non-hydrogen) atoms. The van der Waals surface area contributed by atoms with Gasteiger partial charge in [0.1, 0.15) is 12.4 Å². The van der Waals surface area contributed by atoms with Crippen LogP contribution in [0.25, 0.3) is 0 Å². The van der Waals surface area contributed by atoms with Crippen molar-refractivity contribution in [2.45, 2.75) is 19.1 Å². The van der Waals surface area contributed by atoms with Crippen LogP contribution in [0.15, 0.2) is 18.2 Å². The predicted octanol–water partition coefficient (Wildman–Crippen LogP) is 3.65. The van der Waals surface area contributed by atoms with Gasteiger partial charge in [0.25, 0.3) is 0 Å². The van der Waals surface area contributed by atoms with Crippen LogP contribution in [0, 0.1) is 19.3 Å². The fourth-order valence-corrected chi connectivity index (χ4v) is 2.20. The van der Waals surface area contributed by atoms with Crippen molar-refractivity contribution >= 4 is 22.5 Å². The van der Waals surface area contributed by atoms with Crippen LogP contribution in [0.5, 0.6) is 5.75 Å². The number of benzene rings is 1. The Labute approximate surface area is 100 Å². The van der Waals surface area contributed by atoms with Gasteiger partial charge in [0, 0.05) is 10.8 Å². The monoisotopic (exact) mass is 238 g/mol. The van der Waals surface area contributed by atoms with E-state index in [0.717, 1.165) is 5.75 Å². The lowest BCUT2D eigenvalue weighted by atomic mass is 10.1. The molecule has 0 heterocycles. The molecule has 0 spiro atoms. The van der Waals surface area contributed by atoms with Crippen molar-refractivity contribution in [2.75, 3.05) is 6.61 Å². The third-order valence-corrected chi connectivity index (χ3v) is 3.66. The maximum Gasteiger partial charge on any atom is 0.148 e. The van der Waals surface area contributed by atoms with Crippen LogP contribution in [0.4, 0.5) is 0 Å². The van der Waals surface area contributed by atoms with Gasteiger partial charge in [-0.1, -0.05) is 28.8 Å². The van der Waals surface area contributed by atoms with E-state index in [1.54, 1.807) is 0 Å². The van der Waals surface area contributed by atoms with Crippen LogP contribution in [-0.2, 0) is 0 Å². The van der Waals surface area contributed by atoms with Crippen molar-refractivity contribution in [1.29, 1.82) is 0 Å². The molecule has 0 amide bonds. The van der Waals surface area contributed by atoms with Gasteiger partial charge in [0.2, 0.25) is 0 Å². The van der Waals surface area contributed by atoms with Crippen molar-refractivity contribution in [1.82, 2.24) is 0 Å². The van der Waals surface area contributed by atoms with E-state index in [1.165, 1.54) is 21.9 Å². The fraction of sp³-hybridized carbons (Fsp3) is 0.333. The second-order valence-corrected chi connectivity index (χ2v) is 4.78. The molecule has 0 bridgehead atoms. The Kier molecular flexibility index (Phi) is 4.93. The molecule has 0 fully saturated rings. The zero-order valence-corrected chi connectivity index (χ0v) is 10.6. The zero-order chi connectivity index (χ0) is 11.3. The van der Waals surface area contributed by atoms with Crippen LogP contribution < -0.4 is 4.74 Å². The summed E-state index contributed by atoms with van der Waals surface area (Å²) < 4.78 is 5.51. The maximum atomic E-state index is 5.51. The van der Waals surface area contributed by atoms with Gasteiger partial charge in [-0.2, -0.15) is 0 Å². The standard InChI is InChI=1S/C12H14OS2/c1-4-8-13-11-7-5-6-9(2)12(11)10(3)15-14/h1,5-7,10,14H,8H2,2-3H3. The summed E-state index contributed by atoms with van der Waals surface area (Å²) >= 11 is 4.23. The fourth-order valence-electron chi connectivity index (χ4n) is 1.47. The summed E-state index contributed by atoms with van der Waals surface area (Å²) in [5.41, 5.74) is 2.38. The van der Waals surface area contributed by atoms with Gasteiger partial charge < -0.3 is 4.74 Å². The molecule has 0 N–H and O–H groups in total. The van der Waals surface area contributed by atoms with Crippen LogP contribution >= 0.6 is 22.5 Å². The van der Waals surface area contributed by atoms with Gasteiger partial charge in [-0.25, -0.2) is 0 Å². The first-order valence-corrected chi connectivity index (χ1v) is 6.60. The quantitative estimate of drug-likeness (QED) is 0.487. The van der Waals surface area contributed by atoms with Crippen LogP contribution in [0.2, 0.25) is 0 Å². The molecule has 0 aliphatic rings. The maximum absolute atomic E-state index is 5.51. The van der Waals surface area contributed by atoms with Gasteiger partial charge in [0.05, 0.1) is 0 Å². The molecule has 1 rings (SSSR count). The molecule has 1 atom stereocenters. The number of ether oxygens (including phenoxy) is 1. The summed E-state index contributed by atoms with van der Waals surface area (Å²) in [4.78, 5) is 0. The molecule has 1 aromatic rings.